The molecule has 32 heavy (non-hydrogen) atoms. The molecule has 0 aliphatic heterocycles. The fourth-order valence-corrected chi connectivity index (χ4v) is 3.75. The molecule has 7 nitrogen and oxygen atoms in total. The van der Waals surface area contributed by atoms with Crippen LogP contribution in [0.25, 0.3) is 49.9 Å². The van der Waals surface area contributed by atoms with Crippen molar-refractivity contribution < 1.29 is 0 Å². The van der Waals surface area contributed by atoms with E-state index in [4.69, 9.17) is 5.73 Å². The van der Waals surface area contributed by atoms with Crippen LogP contribution in [0.4, 0.5) is 0 Å². The molecule has 5 heterocycles. The number of fused-ring (bicyclic) bond motifs is 2. The van der Waals surface area contributed by atoms with E-state index in [1.54, 1.807) is 18.5 Å². The lowest BCUT2D eigenvalue weighted by Gasteiger charge is -2.03. The molecule has 0 saturated carbocycles. The van der Waals surface area contributed by atoms with Gasteiger partial charge in [0.1, 0.15) is 5.69 Å². The zero-order valence-electron chi connectivity index (χ0n) is 17.5. The molecule has 0 saturated heterocycles. The lowest BCUT2D eigenvalue weighted by molar-refractivity contribution is 1.11. The van der Waals surface area contributed by atoms with Gasteiger partial charge in [0.15, 0.2) is 0 Å². The summed E-state index contributed by atoms with van der Waals surface area (Å²) in [6.45, 7) is 5.67. The zero-order valence-corrected chi connectivity index (χ0v) is 17.5. The highest BCUT2D eigenvalue weighted by Gasteiger charge is 2.15. The summed E-state index contributed by atoms with van der Waals surface area (Å²) >= 11 is 0. The summed E-state index contributed by atoms with van der Waals surface area (Å²) in [6, 6.07) is 8.06. The molecule has 5 aromatic rings. The Morgan fingerprint density at radius 3 is 2.75 bits per heavy atom. The fraction of sp³-hybridized carbons (Fsp3) is 0.0400. The van der Waals surface area contributed by atoms with Gasteiger partial charge in [-0.15, -0.1) is 0 Å². The molecule has 0 spiro atoms. The number of nitrogens with zero attached hydrogens (tertiary/aromatic N) is 4. The highest BCUT2D eigenvalue weighted by molar-refractivity contribution is 6.00. The lowest BCUT2D eigenvalue weighted by atomic mass is 10.1. The Morgan fingerprint density at radius 2 is 1.97 bits per heavy atom. The predicted octanol–water partition coefficient (Wildman–Crippen LogP) is 5.00. The molecule has 5 aromatic heterocycles. The van der Waals surface area contributed by atoms with Gasteiger partial charge in [-0.25, -0.2) is 0 Å². The van der Waals surface area contributed by atoms with Gasteiger partial charge in [0, 0.05) is 46.2 Å². The minimum atomic E-state index is 0.582. The van der Waals surface area contributed by atoms with E-state index in [1.807, 2.05) is 55.9 Å². The molecule has 0 aromatic carbocycles. The van der Waals surface area contributed by atoms with E-state index in [9.17, 15) is 0 Å². The Labute approximate surface area is 184 Å². The quantitative estimate of drug-likeness (QED) is 0.348. The molecule has 0 aliphatic rings. The maximum absolute atomic E-state index is 5.95. The summed E-state index contributed by atoms with van der Waals surface area (Å²) < 4.78 is 0. The number of hydrogen-bond donors (Lipinski definition) is 3. The molecular formula is C25H21N7. The lowest BCUT2D eigenvalue weighted by Crippen LogP contribution is -1.94. The maximum atomic E-state index is 5.95. The van der Waals surface area contributed by atoms with E-state index >= 15 is 0 Å². The molecule has 0 bridgehead atoms. The van der Waals surface area contributed by atoms with Crippen LogP contribution in [0.3, 0.4) is 0 Å². The first-order valence-corrected chi connectivity index (χ1v) is 10.2. The van der Waals surface area contributed by atoms with Gasteiger partial charge in [0.2, 0.25) is 0 Å². The number of hydrogen-bond acceptors (Lipinski definition) is 5. The van der Waals surface area contributed by atoms with Gasteiger partial charge in [-0.3, -0.25) is 20.1 Å². The van der Waals surface area contributed by atoms with E-state index in [-0.39, 0.29) is 0 Å². The Bertz CT molecular complexity index is 1500. The topological polar surface area (TPSA) is 109 Å². The summed E-state index contributed by atoms with van der Waals surface area (Å²) in [7, 11) is 0. The first kappa shape index (κ1) is 19.4. The van der Waals surface area contributed by atoms with E-state index in [0.717, 1.165) is 55.6 Å². The number of rotatable bonds is 5. The summed E-state index contributed by atoms with van der Waals surface area (Å²) in [4.78, 5) is 16.7. The molecule has 0 unspecified atom stereocenters. The Kier molecular flexibility index (Phi) is 4.84. The summed E-state index contributed by atoms with van der Waals surface area (Å²) in [5.74, 6) is 0. The third-order valence-corrected chi connectivity index (χ3v) is 5.39. The summed E-state index contributed by atoms with van der Waals surface area (Å²) in [6.07, 6.45) is 14.5. The number of aromatic amines is 2. The van der Waals surface area contributed by atoms with Crippen LogP contribution in [0.5, 0.6) is 0 Å². The van der Waals surface area contributed by atoms with Gasteiger partial charge in [-0.2, -0.15) is 5.10 Å². The van der Waals surface area contributed by atoms with Crippen molar-refractivity contribution >= 4 is 27.4 Å². The van der Waals surface area contributed by atoms with Gasteiger partial charge in [0.25, 0.3) is 0 Å². The van der Waals surface area contributed by atoms with Gasteiger partial charge < -0.3 is 10.7 Å². The second-order valence-electron chi connectivity index (χ2n) is 7.35. The molecule has 0 aliphatic carbocycles. The smallest absolute Gasteiger partial charge is 0.116 e. The van der Waals surface area contributed by atoms with Gasteiger partial charge in [-0.1, -0.05) is 18.7 Å². The molecule has 5 rings (SSSR count). The van der Waals surface area contributed by atoms with Gasteiger partial charge >= 0.3 is 0 Å². The minimum Gasteiger partial charge on any atom is -0.399 e. The van der Waals surface area contributed by atoms with Crippen molar-refractivity contribution in [3.63, 3.8) is 0 Å². The van der Waals surface area contributed by atoms with Crippen molar-refractivity contribution in [3.05, 3.63) is 91.4 Å². The van der Waals surface area contributed by atoms with Crippen molar-refractivity contribution in [2.75, 3.05) is 0 Å². The summed E-state index contributed by atoms with van der Waals surface area (Å²) in [5.41, 5.74) is 13.8. The minimum absolute atomic E-state index is 0.582. The van der Waals surface area contributed by atoms with Crippen LogP contribution in [0.15, 0.2) is 85.8 Å². The van der Waals surface area contributed by atoms with Crippen LogP contribution in [0.1, 0.15) is 12.6 Å². The Hall–Kier alpha value is -4.52. The molecule has 156 valence electrons. The fourth-order valence-electron chi connectivity index (χ4n) is 3.75. The monoisotopic (exact) mass is 419 g/mol. The van der Waals surface area contributed by atoms with Crippen LogP contribution in [-0.2, 0) is 0 Å². The van der Waals surface area contributed by atoms with Crippen molar-refractivity contribution in [1.82, 2.24) is 30.1 Å². The van der Waals surface area contributed by atoms with E-state index < -0.39 is 0 Å². The molecule has 7 heteroatoms. The molecular weight excluding hydrogens is 398 g/mol. The largest absolute Gasteiger partial charge is 0.399 e. The van der Waals surface area contributed by atoms with Crippen LogP contribution >= 0.6 is 0 Å². The maximum Gasteiger partial charge on any atom is 0.116 e. The van der Waals surface area contributed by atoms with Crippen LogP contribution in [0, 0.1) is 0 Å². The number of nitrogens with two attached hydrogens (primary N) is 1. The van der Waals surface area contributed by atoms with Crippen LogP contribution in [0.2, 0.25) is 0 Å². The third-order valence-electron chi connectivity index (χ3n) is 5.39. The average molecular weight is 419 g/mol. The molecule has 0 amide bonds. The first-order valence-electron chi connectivity index (χ1n) is 10.2. The molecule has 4 N–H and O–H groups in total. The standard InChI is InChI=1S/C25H21N7/c1-3-15(8-17(26)4-2)21-10-19-24(14-29-21)31-32-25(19)22-9-18-20(12-28-13-23(18)30-22)16-6-5-7-27-11-16/h3-14,30H,2,26H2,1H3,(H,31,32)/b15-3+,17-8+. The predicted molar refractivity (Wildman–Crippen MR) is 128 cm³/mol. The number of H-pyrrole nitrogens is 2. The SMILES string of the molecule is C=C/C(N)=C\C(=C/C)c1cc2c(-c3cc4c(-c5cccnc5)cncc4[nH]3)n[nH]c2cn1. The first-order chi connectivity index (χ1) is 15.7. The summed E-state index contributed by atoms with van der Waals surface area (Å²) in [5, 5.41) is 9.66. The van der Waals surface area contributed by atoms with E-state index in [1.165, 1.54) is 0 Å². The number of pyridine rings is 3. The van der Waals surface area contributed by atoms with Crippen molar-refractivity contribution in [2.24, 2.45) is 5.73 Å². The Balaban J connectivity index is 1.65. The molecule has 0 fully saturated rings. The highest BCUT2D eigenvalue weighted by atomic mass is 15.1. The van der Waals surface area contributed by atoms with Crippen molar-refractivity contribution in [2.45, 2.75) is 6.92 Å². The van der Waals surface area contributed by atoms with Gasteiger partial charge in [-0.05, 0) is 42.8 Å². The van der Waals surface area contributed by atoms with Crippen molar-refractivity contribution in [3.8, 4) is 22.5 Å². The highest BCUT2D eigenvalue weighted by Crippen LogP contribution is 2.33. The number of nitrogens with one attached hydrogen (secondary N) is 2. The molecule has 0 atom stereocenters. The van der Waals surface area contributed by atoms with Crippen LogP contribution in [-0.4, -0.2) is 30.1 Å². The third kappa shape index (κ3) is 3.35. The Morgan fingerprint density at radius 1 is 1.06 bits per heavy atom. The van der Waals surface area contributed by atoms with Gasteiger partial charge in [0.05, 0.1) is 34.8 Å². The number of allylic oxidation sites excluding steroid dienone is 4. The second kappa shape index (κ2) is 7.96. The number of aromatic nitrogens is 6. The normalized spacial score (nSPS) is 12.5. The second-order valence-corrected chi connectivity index (χ2v) is 7.35. The van der Waals surface area contributed by atoms with E-state index in [2.05, 4.69) is 42.8 Å². The van der Waals surface area contributed by atoms with Crippen molar-refractivity contribution in [1.29, 1.82) is 0 Å². The van der Waals surface area contributed by atoms with Crippen LogP contribution < -0.4 is 5.73 Å². The zero-order chi connectivity index (χ0) is 22.1. The molecule has 0 radical (unpaired) electrons. The van der Waals surface area contributed by atoms with E-state index in [0.29, 0.717) is 5.70 Å². The average Bonchev–Trinajstić information content (AvgIpc) is 3.46.